The lowest BCUT2D eigenvalue weighted by molar-refractivity contribution is -0.138. The number of sulfone groups is 1. The molecule has 4 aliphatic carbocycles. The van der Waals surface area contributed by atoms with Gasteiger partial charge in [-0.3, -0.25) is 4.79 Å². The first-order valence-corrected chi connectivity index (χ1v) is 10.6. The zero-order valence-electron chi connectivity index (χ0n) is 13.6. The number of carbonyl (C=O) groups is 1. The van der Waals surface area contributed by atoms with E-state index in [0.717, 1.165) is 38.4 Å². The van der Waals surface area contributed by atoms with Gasteiger partial charge in [0.25, 0.3) is 0 Å². The van der Waals surface area contributed by atoms with E-state index in [9.17, 15) is 13.2 Å². The van der Waals surface area contributed by atoms with Gasteiger partial charge in [-0.05, 0) is 62.5 Å². The highest BCUT2D eigenvalue weighted by molar-refractivity contribution is 7.90. The molecule has 1 N–H and O–H groups in total. The first kappa shape index (κ1) is 16.3. The average molecular weight is 369 g/mol. The van der Waals surface area contributed by atoms with Crippen LogP contribution in [0.15, 0.2) is 23.4 Å². The second-order valence-electron chi connectivity index (χ2n) is 8.00. The lowest BCUT2D eigenvalue weighted by Gasteiger charge is -2.59. The van der Waals surface area contributed by atoms with E-state index >= 15 is 0 Å². The number of alkyl halides is 1. The van der Waals surface area contributed by atoms with E-state index in [1.165, 1.54) is 18.7 Å². The quantitative estimate of drug-likeness (QED) is 0.832. The first-order chi connectivity index (χ1) is 11.2. The van der Waals surface area contributed by atoms with Gasteiger partial charge in [-0.25, -0.2) is 13.4 Å². The summed E-state index contributed by atoms with van der Waals surface area (Å²) in [6.45, 7) is 0. The van der Waals surface area contributed by atoms with E-state index in [1.807, 2.05) is 0 Å². The third-order valence-electron chi connectivity index (χ3n) is 5.85. The minimum absolute atomic E-state index is 0.00927. The average Bonchev–Trinajstić information content (AvgIpc) is 2.44. The van der Waals surface area contributed by atoms with Gasteiger partial charge in [0, 0.05) is 11.1 Å². The summed E-state index contributed by atoms with van der Waals surface area (Å²) in [6.07, 6.45) is 8.37. The van der Waals surface area contributed by atoms with E-state index in [4.69, 9.17) is 11.6 Å². The molecule has 1 aromatic heterocycles. The Balaban J connectivity index is 1.54. The van der Waals surface area contributed by atoms with Crippen LogP contribution in [0.1, 0.15) is 38.5 Å². The Morgan fingerprint density at radius 2 is 1.92 bits per heavy atom. The van der Waals surface area contributed by atoms with E-state index < -0.39 is 9.84 Å². The van der Waals surface area contributed by atoms with Crippen molar-refractivity contribution in [1.82, 2.24) is 4.98 Å². The summed E-state index contributed by atoms with van der Waals surface area (Å²) in [5.41, 5.74) is 0.160. The Bertz CT molecular complexity index is 777. The summed E-state index contributed by atoms with van der Waals surface area (Å²) in [6, 6.07) is 3.02. The van der Waals surface area contributed by atoms with E-state index in [0.29, 0.717) is 17.5 Å². The topological polar surface area (TPSA) is 76.1 Å². The normalized spacial score (nSPS) is 37.4. The summed E-state index contributed by atoms with van der Waals surface area (Å²) in [5.74, 6) is 1.12. The molecule has 0 saturated heterocycles. The Morgan fingerprint density at radius 3 is 2.42 bits per heavy atom. The van der Waals surface area contributed by atoms with Crippen LogP contribution in [0, 0.1) is 17.3 Å². The van der Waals surface area contributed by atoms with Gasteiger partial charge in [0.2, 0.25) is 5.91 Å². The molecule has 0 aromatic carbocycles. The van der Waals surface area contributed by atoms with Crippen molar-refractivity contribution in [3.8, 4) is 0 Å². The number of halogens is 1. The molecular weight excluding hydrogens is 348 g/mol. The maximum absolute atomic E-state index is 13.0. The van der Waals surface area contributed by atoms with E-state index in [2.05, 4.69) is 10.3 Å². The smallest absolute Gasteiger partial charge is 0.230 e. The third-order valence-corrected chi connectivity index (χ3v) is 7.29. The number of aromatic nitrogens is 1. The van der Waals surface area contributed by atoms with Crippen molar-refractivity contribution in [2.75, 3.05) is 11.6 Å². The maximum Gasteiger partial charge on any atom is 0.230 e. The summed E-state index contributed by atoms with van der Waals surface area (Å²) in [5, 5.41) is 2.95. The Hall–Kier alpha value is -1.14. The second kappa shape index (κ2) is 5.18. The lowest BCUT2D eigenvalue weighted by Crippen LogP contribution is -2.57. The highest BCUT2D eigenvalue weighted by Crippen LogP contribution is 2.64. The molecule has 1 amide bonds. The van der Waals surface area contributed by atoms with Gasteiger partial charge < -0.3 is 5.32 Å². The van der Waals surface area contributed by atoms with Crippen LogP contribution in [0.5, 0.6) is 0 Å². The van der Waals surface area contributed by atoms with Crippen molar-refractivity contribution in [3.63, 3.8) is 0 Å². The predicted octanol–water partition coefficient (Wildman–Crippen LogP) is 3.00. The third kappa shape index (κ3) is 2.73. The molecular formula is C17H21ClN2O3S. The lowest BCUT2D eigenvalue weighted by atomic mass is 9.49. The molecule has 0 aliphatic heterocycles. The van der Waals surface area contributed by atoms with Crippen molar-refractivity contribution in [2.45, 2.75) is 48.4 Å². The van der Waals surface area contributed by atoms with E-state index in [1.54, 1.807) is 6.07 Å². The monoisotopic (exact) mass is 368 g/mol. The summed E-state index contributed by atoms with van der Waals surface area (Å²) >= 11 is 6.78. The number of amides is 1. The van der Waals surface area contributed by atoms with Crippen LogP contribution in [0.2, 0.25) is 0 Å². The van der Waals surface area contributed by atoms with Crippen molar-refractivity contribution in [3.05, 3.63) is 18.3 Å². The fraction of sp³-hybridized carbons (Fsp3) is 0.647. The fourth-order valence-electron chi connectivity index (χ4n) is 5.35. The molecule has 1 aromatic rings. The van der Waals surface area contributed by atoms with Gasteiger partial charge in [0.05, 0.1) is 17.3 Å². The number of carbonyl (C=O) groups excluding carboxylic acids is 1. The number of rotatable bonds is 3. The SMILES string of the molecule is CS(=O)(=O)c1ccc(NC(=O)C23C[C@H]4C[C@@H](CC(Cl)(C4)C2)C3)cn1. The molecule has 5 nitrogen and oxygen atoms in total. The fourth-order valence-corrected chi connectivity index (χ4v) is 6.61. The zero-order chi connectivity index (χ0) is 17.2. The molecule has 24 heavy (non-hydrogen) atoms. The van der Waals surface area contributed by atoms with Crippen LogP contribution in [-0.2, 0) is 14.6 Å². The molecule has 0 unspecified atom stereocenters. The largest absolute Gasteiger partial charge is 0.324 e. The van der Waals surface area contributed by atoms with Crippen LogP contribution >= 0.6 is 11.6 Å². The van der Waals surface area contributed by atoms with Crippen molar-refractivity contribution in [2.24, 2.45) is 17.3 Å². The van der Waals surface area contributed by atoms with Crippen molar-refractivity contribution < 1.29 is 13.2 Å². The van der Waals surface area contributed by atoms with Gasteiger partial charge in [-0.2, -0.15) is 0 Å². The minimum Gasteiger partial charge on any atom is -0.324 e. The molecule has 4 bridgehead atoms. The van der Waals surface area contributed by atoms with Crippen LogP contribution in [-0.4, -0.2) is 30.4 Å². The zero-order valence-corrected chi connectivity index (χ0v) is 15.2. The van der Waals surface area contributed by atoms with Gasteiger partial charge in [0.15, 0.2) is 14.9 Å². The number of nitrogens with one attached hydrogen (secondary N) is 1. The highest BCUT2D eigenvalue weighted by atomic mass is 35.5. The predicted molar refractivity (Wildman–Crippen MR) is 91.7 cm³/mol. The maximum atomic E-state index is 13.0. The number of nitrogens with zero attached hydrogens (tertiary/aromatic N) is 1. The van der Waals surface area contributed by atoms with Crippen LogP contribution in [0.4, 0.5) is 5.69 Å². The van der Waals surface area contributed by atoms with Gasteiger partial charge in [-0.1, -0.05) is 0 Å². The Kier molecular flexibility index (Phi) is 3.52. The van der Waals surface area contributed by atoms with E-state index in [-0.39, 0.29) is 21.2 Å². The Labute approximate surface area is 147 Å². The molecule has 4 fully saturated rings. The van der Waals surface area contributed by atoms with Crippen molar-refractivity contribution >= 4 is 33.0 Å². The van der Waals surface area contributed by atoms with Crippen molar-refractivity contribution in [1.29, 1.82) is 0 Å². The molecule has 0 radical (unpaired) electrons. The molecule has 4 saturated carbocycles. The molecule has 130 valence electrons. The summed E-state index contributed by atoms with van der Waals surface area (Å²) in [4.78, 5) is 16.7. The molecule has 4 aliphatic rings. The minimum atomic E-state index is -3.33. The second-order valence-corrected chi connectivity index (χ2v) is 10.8. The van der Waals surface area contributed by atoms with Gasteiger partial charge >= 0.3 is 0 Å². The number of anilines is 1. The summed E-state index contributed by atoms with van der Waals surface area (Å²) < 4.78 is 22.9. The van der Waals surface area contributed by atoms with Crippen LogP contribution in [0.3, 0.4) is 0 Å². The Morgan fingerprint density at radius 1 is 1.25 bits per heavy atom. The molecule has 2 atom stereocenters. The molecule has 1 heterocycles. The molecule has 5 rings (SSSR count). The number of pyridine rings is 1. The highest BCUT2D eigenvalue weighted by Gasteiger charge is 2.60. The van der Waals surface area contributed by atoms with Gasteiger partial charge in [0.1, 0.15) is 0 Å². The number of hydrogen-bond donors (Lipinski definition) is 1. The summed E-state index contributed by atoms with van der Waals surface area (Å²) in [7, 11) is -3.33. The molecule has 7 heteroatoms. The first-order valence-electron chi connectivity index (χ1n) is 8.34. The number of hydrogen-bond acceptors (Lipinski definition) is 4. The standard InChI is InChI=1S/C17H21ClN2O3S/c1-24(22,23)14-3-2-13(9-19-14)20-15(21)16-5-11-4-12(6-16)8-17(18,7-11)10-16/h2-3,9,11-12H,4-8,10H2,1H3,(H,20,21)/t11-,12-,16?,17?/m1/s1. The van der Waals surface area contributed by atoms with Crippen LogP contribution in [0.25, 0.3) is 0 Å². The van der Waals surface area contributed by atoms with Crippen LogP contribution < -0.4 is 5.32 Å². The molecule has 0 spiro atoms. The van der Waals surface area contributed by atoms with Gasteiger partial charge in [-0.15, -0.1) is 11.6 Å².